The van der Waals surface area contributed by atoms with E-state index in [1.165, 1.54) is 6.07 Å². The third-order valence-electron chi connectivity index (χ3n) is 2.74. The van der Waals surface area contributed by atoms with Gasteiger partial charge in [0.05, 0.1) is 17.1 Å². The Morgan fingerprint density at radius 1 is 1.21 bits per heavy atom. The molecule has 1 aromatic carbocycles. The molecule has 0 unspecified atom stereocenters. The molecule has 4 nitrogen and oxygen atoms in total. The van der Waals surface area contributed by atoms with E-state index in [4.69, 9.17) is 4.74 Å². The zero-order valence-electron chi connectivity index (χ0n) is 9.95. The number of hydrogen-bond donors (Lipinski definition) is 1. The minimum absolute atomic E-state index is 0.330. The van der Waals surface area contributed by atoms with Crippen LogP contribution in [0.3, 0.4) is 0 Å². The second-order valence-electron chi connectivity index (χ2n) is 3.91. The van der Waals surface area contributed by atoms with Gasteiger partial charge in [-0.1, -0.05) is 6.07 Å². The van der Waals surface area contributed by atoms with Crippen molar-refractivity contribution in [2.75, 3.05) is 7.11 Å². The van der Waals surface area contributed by atoms with Gasteiger partial charge in [-0.3, -0.25) is 0 Å². The first-order chi connectivity index (χ1) is 9.19. The zero-order chi connectivity index (χ0) is 13.4. The van der Waals surface area contributed by atoms with Crippen LogP contribution < -0.4 is 4.74 Å². The number of nitrogens with zero attached hydrogens (tertiary/aromatic N) is 2. The van der Waals surface area contributed by atoms with Crippen LogP contribution in [0.15, 0.2) is 34.8 Å². The number of halogens is 2. The molecular weight excluding hydrogens is 313 g/mol. The average Bonchev–Trinajstić information content (AvgIpc) is 2.84. The molecule has 0 aliphatic rings. The standard InChI is InChI=1S/C13H9BrFN3O/c1-19-10-6-5-9-13(17-10)18-12(16-9)7-3-2-4-8(15)11(7)14/h2-6H,1H3,(H,16,17,18). The number of aromatic amines is 1. The zero-order valence-corrected chi connectivity index (χ0v) is 11.5. The highest BCUT2D eigenvalue weighted by molar-refractivity contribution is 9.10. The van der Waals surface area contributed by atoms with Crippen LogP contribution in [0.1, 0.15) is 0 Å². The van der Waals surface area contributed by atoms with Gasteiger partial charge in [-0.15, -0.1) is 0 Å². The Bertz CT molecular complexity index is 757. The van der Waals surface area contributed by atoms with Crippen molar-refractivity contribution in [2.45, 2.75) is 0 Å². The van der Waals surface area contributed by atoms with Crippen LogP contribution in [0, 0.1) is 5.82 Å². The molecule has 1 N–H and O–H groups in total. The molecule has 19 heavy (non-hydrogen) atoms. The maximum Gasteiger partial charge on any atom is 0.215 e. The Kier molecular flexibility index (Phi) is 2.94. The number of methoxy groups -OCH3 is 1. The molecule has 0 aliphatic carbocycles. The number of ether oxygens (including phenoxy) is 1. The van der Waals surface area contributed by atoms with Crippen LogP contribution in [-0.4, -0.2) is 22.1 Å². The summed E-state index contributed by atoms with van der Waals surface area (Å²) in [4.78, 5) is 11.7. The summed E-state index contributed by atoms with van der Waals surface area (Å²) in [6, 6.07) is 8.37. The predicted octanol–water partition coefficient (Wildman–Crippen LogP) is 3.54. The molecule has 2 heterocycles. The maximum absolute atomic E-state index is 13.5. The van der Waals surface area contributed by atoms with Gasteiger partial charge in [0.25, 0.3) is 0 Å². The fourth-order valence-electron chi connectivity index (χ4n) is 1.80. The van der Waals surface area contributed by atoms with Gasteiger partial charge >= 0.3 is 0 Å². The second-order valence-corrected chi connectivity index (χ2v) is 4.70. The minimum atomic E-state index is -0.330. The smallest absolute Gasteiger partial charge is 0.215 e. The third-order valence-corrected chi connectivity index (χ3v) is 3.54. The number of hydrogen-bond acceptors (Lipinski definition) is 3. The van der Waals surface area contributed by atoms with Gasteiger partial charge in [-0.2, -0.15) is 4.98 Å². The van der Waals surface area contributed by atoms with Crippen molar-refractivity contribution in [3.63, 3.8) is 0 Å². The van der Waals surface area contributed by atoms with Crippen LogP contribution in [0.4, 0.5) is 4.39 Å². The average molecular weight is 322 g/mol. The molecule has 0 aliphatic heterocycles. The number of pyridine rings is 1. The molecule has 3 rings (SSSR count). The Morgan fingerprint density at radius 2 is 2.05 bits per heavy atom. The molecule has 0 bridgehead atoms. The quantitative estimate of drug-likeness (QED) is 0.785. The molecule has 0 atom stereocenters. The SMILES string of the molecule is COc1ccc2[nH]c(-c3cccc(F)c3Br)nc2n1. The lowest BCUT2D eigenvalue weighted by Crippen LogP contribution is -1.87. The normalized spacial score (nSPS) is 10.9. The van der Waals surface area contributed by atoms with E-state index in [2.05, 4.69) is 30.9 Å². The molecule has 0 saturated heterocycles. The Labute approximate surface area is 116 Å². The molecule has 2 aromatic heterocycles. The molecule has 6 heteroatoms. The van der Waals surface area contributed by atoms with Gasteiger partial charge in [0.1, 0.15) is 11.6 Å². The van der Waals surface area contributed by atoms with Crippen molar-refractivity contribution in [2.24, 2.45) is 0 Å². The van der Waals surface area contributed by atoms with E-state index in [1.54, 1.807) is 25.3 Å². The van der Waals surface area contributed by atoms with Crippen molar-refractivity contribution in [3.05, 3.63) is 40.6 Å². The Hall–Kier alpha value is -1.95. The van der Waals surface area contributed by atoms with Gasteiger partial charge in [0.15, 0.2) is 5.65 Å². The number of imidazole rings is 1. The van der Waals surface area contributed by atoms with Crippen LogP contribution in [-0.2, 0) is 0 Å². The van der Waals surface area contributed by atoms with Crippen molar-refractivity contribution in [1.82, 2.24) is 15.0 Å². The first kappa shape index (κ1) is 12.1. The van der Waals surface area contributed by atoms with Crippen LogP contribution in [0.25, 0.3) is 22.6 Å². The van der Waals surface area contributed by atoms with Gasteiger partial charge in [0, 0.05) is 11.6 Å². The molecular formula is C13H9BrFN3O. The van der Waals surface area contributed by atoms with Crippen LogP contribution in [0.5, 0.6) is 5.88 Å². The summed E-state index contributed by atoms with van der Waals surface area (Å²) in [5.41, 5.74) is 1.95. The fourth-order valence-corrected chi connectivity index (χ4v) is 2.26. The topological polar surface area (TPSA) is 50.8 Å². The highest BCUT2D eigenvalue weighted by Gasteiger charge is 2.12. The summed E-state index contributed by atoms with van der Waals surface area (Å²) in [5, 5.41) is 0. The van der Waals surface area contributed by atoms with Gasteiger partial charge in [-0.25, -0.2) is 9.37 Å². The highest BCUT2D eigenvalue weighted by atomic mass is 79.9. The Balaban J connectivity index is 2.18. The molecule has 0 saturated carbocycles. The molecule has 96 valence electrons. The number of nitrogens with one attached hydrogen (secondary N) is 1. The van der Waals surface area contributed by atoms with Crippen molar-refractivity contribution in [1.29, 1.82) is 0 Å². The largest absolute Gasteiger partial charge is 0.481 e. The number of rotatable bonds is 2. The Morgan fingerprint density at radius 3 is 2.84 bits per heavy atom. The fraction of sp³-hybridized carbons (Fsp3) is 0.0769. The van der Waals surface area contributed by atoms with Crippen LogP contribution in [0.2, 0.25) is 0 Å². The van der Waals surface area contributed by atoms with Crippen molar-refractivity contribution < 1.29 is 9.13 Å². The van der Waals surface area contributed by atoms with Crippen molar-refractivity contribution >= 4 is 27.1 Å². The number of fused-ring (bicyclic) bond motifs is 1. The lowest BCUT2D eigenvalue weighted by Gasteiger charge is -2.00. The first-order valence-electron chi connectivity index (χ1n) is 5.54. The van der Waals surface area contributed by atoms with Crippen molar-refractivity contribution in [3.8, 4) is 17.3 Å². The molecule has 0 radical (unpaired) electrons. The van der Waals surface area contributed by atoms with E-state index < -0.39 is 0 Å². The van der Waals surface area contributed by atoms with E-state index in [0.717, 1.165) is 5.52 Å². The maximum atomic E-state index is 13.5. The van der Waals surface area contributed by atoms with E-state index in [-0.39, 0.29) is 5.82 Å². The summed E-state index contributed by atoms with van der Waals surface area (Å²) in [7, 11) is 1.55. The lowest BCUT2D eigenvalue weighted by atomic mass is 10.2. The monoisotopic (exact) mass is 321 g/mol. The minimum Gasteiger partial charge on any atom is -0.481 e. The lowest BCUT2D eigenvalue weighted by molar-refractivity contribution is 0.399. The molecule has 0 amide bonds. The second kappa shape index (κ2) is 4.62. The van der Waals surface area contributed by atoms with E-state index in [0.29, 0.717) is 27.4 Å². The summed E-state index contributed by atoms with van der Waals surface area (Å²) in [6.07, 6.45) is 0. The first-order valence-corrected chi connectivity index (χ1v) is 6.33. The third kappa shape index (κ3) is 2.08. The predicted molar refractivity (Wildman–Crippen MR) is 73.5 cm³/mol. The summed E-state index contributed by atoms with van der Waals surface area (Å²) < 4.78 is 18.9. The summed E-state index contributed by atoms with van der Waals surface area (Å²) in [5.74, 6) is 0.717. The van der Waals surface area contributed by atoms with Crippen LogP contribution >= 0.6 is 15.9 Å². The van der Waals surface area contributed by atoms with Gasteiger partial charge in [0.2, 0.25) is 5.88 Å². The molecule has 0 fully saturated rings. The molecule has 3 aromatic rings. The molecule has 0 spiro atoms. The highest BCUT2D eigenvalue weighted by Crippen LogP contribution is 2.29. The number of aromatic nitrogens is 3. The van der Waals surface area contributed by atoms with Gasteiger partial charge < -0.3 is 9.72 Å². The van der Waals surface area contributed by atoms with Gasteiger partial charge in [-0.05, 0) is 34.1 Å². The van der Waals surface area contributed by atoms with E-state index in [1.807, 2.05) is 6.07 Å². The summed E-state index contributed by atoms with van der Waals surface area (Å²) in [6.45, 7) is 0. The number of H-pyrrole nitrogens is 1. The summed E-state index contributed by atoms with van der Waals surface area (Å²) >= 11 is 3.22. The number of benzene rings is 1. The van der Waals surface area contributed by atoms with E-state index in [9.17, 15) is 4.39 Å². The van der Waals surface area contributed by atoms with E-state index >= 15 is 0 Å².